The lowest BCUT2D eigenvalue weighted by Gasteiger charge is -2.27. The van der Waals surface area contributed by atoms with Crippen LogP contribution in [0.2, 0.25) is 0 Å². The Kier molecular flexibility index (Phi) is 6.88. The standard InChI is InChI=1S/C23H22ClIN2O3/c1-23(2,3)30-22(29)27(14-7-13-24)19-11-10-18-17(20(19)25)12-15-26(18)21(28)16-8-5-4-6-9-16/h4-13,15H,14H2,1-3H3. The first kappa shape index (κ1) is 22.4. The van der Waals surface area contributed by atoms with Crippen molar-refractivity contribution in [2.24, 2.45) is 0 Å². The van der Waals surface area contributed by atoms with E-state index in [0.29, 0.717) is 11.3 Å². The van der Waals surface area contributed by atoms with Crippen molar-refractivity contribution in [3.63, 3.8) is 0 Å². The molecule has 1 aromatic heterocycles. The minimum absolute atomic E-state index is 0.108. The van der Waals surface area contributed by atoms with E-state index in [0.717, 1.165) is 14.5 Å². The monoisotopic (exact) mass is 536 g/mol. The first-order valence-corrected chi connectivity index (χ1v) is 10.9. The number of rotatable bonds is 4. The first-order valence-electron chi connectivity index (χ1n) is 9.38. The van der Waals surface area contributed by atoms with E-state index in [1.165, 1.54) is 10.4 Å². The van der Waals surface area contributed by atoms with Gasteiger partial charge in [0, 0.05) is 32.8 Å². The maximum Gasteiger partial charge on any atom is 0.415 e. The highest BCUT2D eigenvalue weighted by Crippen LogP contribution is 2.32. The summed E-state index contributed by atoms with van der Waals surface area (Å²) in [6.07, 6.45) is 2.97. The Balaban J connectivity index is 2.03. The molecule has 0 fully saturated rings. The van der Waals surface area contributed by atoms with Crippen LogP contribution in [-0.2, 0) is 4.74 Å². The van der Waals surface area contributed by atoms with Crippen LogP contribution in [0.5, 0.6) is 0 Å². The van der Waals surface area contributed by atoms with Crippen molar-refractivity contribution in [1.29, 1.82) is 0 Å². The zero-order chi connectivity index (χ0) is 21.9. The second kappa shape index (κ2) is 9.22. The number of carbonyl (C=O) groups is 2. The number of anilines is 1. The summed E-state index contributed by atoms with van der Waals surface area (Å²) in [5.74, 6) is -0.108. The van der Waals surface area contributed by atoms with Gasteiger partial charge < -0.3 is 4.74 Å². The van der Waals surface area contributed by atoms with Crippen LogP contribution >= 0.6 is 34.2 Å². The summed E-state index contributed by atoms with van der Waals surface area (Å²) in [4.78, 5) is 27.3. The molecular weight excluding hydrogens is 515 g/mol. The van der Waals surface area contributed by atoms with Gasteiger partial charge in [0.2, 0.25) is 0 Å². The third-order valence-corrected chi connectivity index (χ3v) is 5.62. The highest BCUT2D eigenvalue weighted by Gasteiger charge is 2.25. The molecular formula is C23H22ClIN2O3. The van der Waals surface area contributed by atoms with Gasteiger partial charge in [-0.15, -0.1) is 0 Å². The van der Waals surface area contributed by atoms with Gasteiger partial charge >= 0.3 is 6.09 Å². The van der Waals surface area contributed by atoms with E-state index < -0.39 is 11.7 Å². The minimum atomic E-state index is -0.624. The van der Waals surface area contributed by atoms with Crippen molar-refractivity contribution in [1.82, 2.24) is 4.57 Å². The molecule has 1 heterocycles. The number of nitrogens with zero attached hydrogens (tertiary/aromatic N) is 2. The molecule has 0 N–H and O–H groups in total. The smallest absolute Gasteiger partial charge is 0.415 e. The second-order valence-corrected chi connectivity index (χ2v) is 8.97. The van der Waals surface area contributed by atoms with Crippen molar-refractivity contribution in [3.8, 4) is 0 Å². The van der Waals surface area contributed by atoms with Crippen LogP contribution in [0.4, 0.5) is 10.5 Å². The van der Waals surface area contributed by atoms with Crippen molar-refractivity contribution >= 4 is 62.8 Å². The molecule has 0 aliphatic carbocycles. The van der Waals surface area contributed by atoms with E-state index in [9.17, 15) is 9.59 Å². The third kappa shape index (κ3) is 4.87. The van der Waals surface area contributed by atoms with Crippen molar-refractivity contribution in [2.45, 2.75) is 26.4 Å². The average molecular weight is 537 g/mol. The van der Waals surface area contributed by atoms with E-state index in [4.69, 9.17) is 16.3 Å². The first-order chi connectivity index (χ1) is 14.2. The van der Waals surface area contributed by atoms with Gasteiger partial charge in [-0.2, -0.15) is 0 Å². The van der Waals surface area contributed by atoms with E-state index in [1.54, 1.807) is 29.0 Å². The normalized spacial score (nSPS) is 11.8. The van der Waals surface area contributed by atoms with Crippen LogP contribution in [0.1, 0.15) is 31.1 Å². The van der Waals surface area contributed by atoms with E-state index in [-0.39, 0.29) is 12.5 Å². The van der Waals surface area contributed by atoms with Crippen LogP contribution in [0.15, 0.2) is 66.3 Å². The Morgan fingerprint density at radius 3 is 2.47 bits per heavy atom. The molecule has 5 nitrogen and oxygen atoms in total. The van der Waals surface area contributed by atoms with Gasteiger partial charge in [0.05, 0.1) is 11.2 Å². The van der Waals surface area contributed by atoms with E-state index >= 15 is 0 Å². The Morgan fingerprint density at radius 2 is 1.83 bits per heavy atom. The molecule has 0 unspecified atom stereocenters. The summed E-state index contributed by atoms with van der Waals surface area (Å²) in [6.45, 7) is 5.74. The molecule has 0 aliphatic heterocycles. The van der Waals surface area contributed by atoms with Crippen molar-refractivity contribution < 1.29 is 14.3 Å². The lowest BCUT2D eigenvalue weighted by Crippen LogP contribution is -2.37. The van der Waals surface area contributed by atoms with Crippen LogP contribution in [-0.4, -0.2) is 28.7 Å². The number of benzene rings is 2. The van der Waals surface area contributed by atoms with Crippen molar-refractivity contribution in [3.05, 3.63) is 75.5 Å². The fourth-order valence-corrected chi connectivity index (χ4v) is 4.01. The van der Waals surface area contributed by atoms with Crippen LogP contribution in [0.3, 0.4) is 0 Å². The highest BCUT2D eigenvalue weighted by molar-refractivity contribution is 14.1. The molecule has 2 aromatic carbocycles. The number of aromatic nitrogens is 1. The maximum atomic E-state index is 12.9. The molecule has 7 heteroatoms. The summed E-state index contributed by atoms with van der Waals surface area (Å²) in [5.41, 5.74) is 2.82. The summed E-state index contributed by atoms with van der Waals surface area (Å²) in [6, 6.07) is 14.7. The molecule has 0 aliphatic rings. The van der Waals surface area contributed by atoms with Crippen LogP contribution in [0.25, 0.3) is 10.9 Å². The van der Waals surface area contributed by atoms with Gasteiger partial charge in [0.1, 0.15) is 5.60 Å². The maximum absolute atomic E-state index is 12.9. The number of halogens is 2. The Morgan fingerprint density at radius 1 is 1.13 bits per heavy atom. The average Bonchev–Trinajstić information content (AvgIpc) is 3.13. The van der Waals surface area contributed by atoms with Crippen LogP contribution in [0, 0.1) is 3.57 Å². The van der Waals surface area contributed by atoms with Gasteiger partial charge in [0.25, 0.3) is 5.91 Å². The van der Waals surface area contributed by atoms with E-state index in [1.807, 2.05) is 57.2 Å². The molecule has 0 atom stereocenters. The van der Waals surface area contributed by atoms with E-state index in [2.05, 4.69) is 22.6 Å². The highest BCUT2D eigenvalue weighted by atomic mass is 127. The van der Waals surface area contributed by atoms with Crippen LogP contribution < -0.4 is 4.90 Å². The fraction of sp³-hybridized carbons (Fsp3) is 0.217. The zero-order valence-electron chi connectivity index (χ0n) is 16.9. The molecule has 0 spiro atoms. The lowest BCUT2D eigenvalue weighted by molar-refractivity contribution is 0.0584. The molecule has 0 saturated heterocycles. The molecule has 3 aromatic rings. The molecule has 0 saturated carbocycles. The zero-order valence-corrected chi connectivity index (χ0v) is 19.8. The number of ether oxygens (including phenoxy) is 1. The van der Waals surface area contributed by atoms with Crippen molar-refractivity contribution in [2.75, 3.05) is 11.4 Å². The molecule has 156 valence electrons. The lowest BCUT2D eigenvalue weighted by atomic mass is 10.2. The summed E-state index contributed by atoms with van der Waals surface area (Å²) < 4.78 is 8.03. The molecule has 0 radical (unpaired) electrons. The topological polar surface area (TPSA) is 51.5 Å². The van der Waals surface area contributed by atoms with Gasteiger partial charge in [-0.1, -0.05) is 35.9 Å². The Hall–Kier alpha value is -2.32. The van der Waals surface area contributed by atoms with Gasteiger partial charge in [0.15, 0.2) is 0 Å². The number of carbonyl (C=O) groups excluding carboxylic acids is 2. The third-order valence-electron chi connectivity index (χ3n) is 4.31. The van der Waals surface area contributed by atoms with Gasteiger partial charge in [-0.05, 0) is 73.7 Å². The molecule has 0 bridgehead atoms. The van der Waals surface area contributed by atoms with Gasteiger partial charge in [-0.25, -0.2) is 4.79 Å². The quantitative estimate of drug-likeness (QED) is 0.361. The summed E-state index contributed by atoms with van der Waals surface area (Å²) in [5, 5.41) is 0.876. The summed E-state index contributed by atoms with van der Waals surface area (Å²) >= 11 is 7.90. The SMILES string of the molecule is CC(C)(C)OC(=O)N(CC=CCl)c1ccc2c(ccn2C(=O)c2ccccc2)c1I. The Labute approximate surface area is 194 Å². The number of amides is 1. The number of hydrogen-bond donors (Lipinski definition) is 0. The predicted molar refractivity (Wildman–Crippen MR) is 129 cm³/mol. The predicted octanol–water partition coefficient (Wildman–Crippen LogP) is 6.43. The molecule has 1 amide bonds. The summed E-state index contributed by atoms with van der Waals surface area (Å²) in [7, 11) is 0. The number of fused-ring (bicyclic) bond motifs is 1. The number of hydrogen-bond acceptors (Lipinski definition) is 3. The second-order valence-electron chi connectivity index (χ2n) is 7.64. The fourth-order valence-electron chi connectivity index (χ4n) is 3.01. The van der Waals surface area contributed by atoms with Gasteiger partial charge in [-0.3, -0.25) is 14.3 Å². The minimum Gasteiger partial charge on any atom is -0.443 e. The molecule has 30 heavy (non-hydrogen) atoms. The largest absolute Gasteiger partial charge is 0.443 e. The Bertz CT molecular complexity index is 1100. The molecule has 3 rings (SSSR count).